The van der Waals surface area contributed by atoms with Crippen molar-refractivity contribution < 1.29 is 52.9 Å². The van der Waals surface area contributed by atoms with Crippen LogP contribution in [0.25, 0.3) is 20.9 Å². The maximum Gasteiger partial charge on any atom is 0.255 e. The van der Waals surface area contributed by atoms with E-state index in [9.17, 15) is 29.1 Å². The summed E-state index contributed by atoms with van der Waals surface area (Å²) < 4.78 is 13.6. The van der Waals surface area contributed by atoms with Crippen molar-refractivity contribution in [2.75, 3.05) is 19.6 Å². The molecule has 8 amide bonds. The third-order valence-electron chi connectivity index (χ3n) is 23.6. The molecule has 15 rings (SSSR count). The highest BCUT2D eigenvalue weighted by Gasteiger charge is 2.51. The Balaban J connectivity index is 0.636. The number of hydrogen-bond acceptors (Lipinski definition) is 16. The van der Waals surface area contributed by atoms with Gasteiger partial charge in [-0.25, -0.2) is 9.97 Å². The van der Waals surface area contributed by atoms with Crippen molar-refractivity contribution in [3.8, 4) is 32.4 Å². The first-order chi connectivity index (χ1) is 54.4. The van der Waals surface area contributed by atoms with E-state index in [2.05, 4.69) is 62.3 Å². The maximum atomic E-state index is 15.8. The average Bonchev–Trinajstić information content (AvgIpc) is 1.62. The summed E-state index contributed by atoms with van der Waals surface area (Å²) in [5.74, 6) is -2.65. The number of benzene rings is 6. The molecule has 1 saturated carbocycles. The van der Waals surface area contributed by atoms with Crippen molar-refractivity contribution in [3.05, 3.63) is 212 Å². The number of ether oxygens (including phenoxy) is 2. The van der Waals surface area contributed by atoms with Crippen LogP contribution in [0.5, 0.6) is 11.5 Å². The van der Waals surface area contributed by atoms with E-state index in [1.807, 2.05) is 133 Å². The number of aliphatic hydroxyl groups is 1. The van der Waals surface area contributed by atoms with Gasteiger partial charge in [0.25, 0.3) is 17.7 Å². The van der Waals surface area contributed by atoms with E-state index in [4.69, 9.17) is 21.7 Å². The molecule has 7 aliphatic rings. The Labute approximate surface area is 672 Å². The normalized spacial score (nSPS) is 20.9. The molecule has 588 valence electrons. The van der Waals surface area contributed by atoms with Crippen LogP contribution < -0.4 is 25.4 Å². The molecule has 1 aliphatic carbocycles. The minimum atomic E-state index is -0.971. The van der Waals surface area contributed by atoms with Crippen molar-refractivity contribution in [3.63, 3.8) is 0 Å². The highest BCUT2D eigenvalue weighted by Crippen LogP contribution is 2.40. The Morgan fingerprint density at radius 2 is 0.894 bits per heavy atom. The number of amides is 8. The van der Waals surface area contributed by atoms with Crippen LogP contribution in [0.1, 0.15) is 174 Å². The summed E-state index contributed by atoms with van der Waals surface area (Å²) in [6, 6.07) is 37.0. The van der Waals surface area contributed by atoms with Gasteiger partial charge in [0.2, 0.25) is 29.5 Å². The molecule has 22 nitrogen and oxygen atoms in total. The van der Waals surface area contributed by atoms with Crippen molar-refractivity contribution in [1.82, 2.24) is 55.3 Å². The fourth-order valence-corrected chi connectivity index (χ4v) is 19.7. The summed E-state index contributed by atoms with van der Waals surface area (Å²) in [5.41, 5.74) is 15.1. The Kier molecular flexibility index (Phi) is 22.9. The lowest BCUT2D eigenvalue weighted by Crippen LogP contribution is -2.55. The number of carbonyl (C=O) groups is 8. The van der Waals surface area contributed by atoms with Gasteiger partial charge in [0.1, 0.15) is 53.9 Å². The van der Waals surface area contributed by atoms with Crippen LogP contribution in [-0.2, 0) is 63.2 Å². The maximum absolute atomic E-state index is 15.8. The molecule has 4 fully saturated rings. The van der Waals surface area contributed by atoms with Crippen LogP contribution in [-0.4, -0.2) is 171 Å². The van der Waals surface area contributed by atoms with E-state index in [0.717, 1.165) is 54.5 Å². The van der Waals surface area contributed by atoms with Crippen LogP contribution in [0.3, 0.4) is 0 Å². The topological polar surface area (TPSA) is 257 Å². The minimum absolute atomic E-state index is 0.0396. The molecular weight excluding hydrogens is 1480 g/mol. The zero-order valence-electron chi connectivity index (χ0n) is 65.0. The predicted molar refractivity (Wildman–Crippen MR) is 435 cm³/mol. The van der Waals surface area contributed by atoms with Gasteiger partial charge in [-0.3, -0.25) is 38.4 Å². The van der Waals surface area contributed by atoms with Crippen molar-refractivity contribution in [2.45, 2.75) is 200 Å². The van der Waals surface area contributed by atoms with Crippen LogP contribution in [0.15, 0.2) is 144 Å². The smallest absolute Gasteiger partial charge is 0.255 e. The second kappa shape index (κ2) is 33.1. The summed E-state index contributed by atoms with van der Waals surface area (Å²) in [7, 11) is 0. The highest BCUT2D eigenvalue weighted by atomic mass is 32.1. The van der Waals surface area contributed by atoms with E-state index in [-0.39, 0.29) is 125 Å². The van der Waals surface area contributed by atoms with Gasteiger partial charge in [-0.05, 0) is 131 Å². The number of rotatable bonds is 25. The van der Waals surface area contributed by atoms with Crippen molar-refractivity contribution >= 4 is 87.1 Å². The molecule has 3 saturated heterocycles. The van der Waals surface area contributed by atoms with Crippen LogP contribution in [0, 0.1) is 31.6 Å². The third kappa shape index (κ3) is 16.1. The van der Waals surface area contributed by atoms with Gasteiger partial charge in [0, 0.05) is 81.8 Å². The lowest BCUT2D eigenvalue weighted by atomic mass is 9.97. The number of carbonyl (C=O) groups excluding carboxylic acids is 8. The van der Waals surface area contributed by atoms with E-state index < -0.39 is 66.4 Å². The van der Waals surface area contributed by atoms with Crippen LogP contribution >= 0.6 is 34.9 Å². The second-order valence-electron chi connectivity index (χ2n) is 32.3. The summed E-state index contributed by atoms with van der Waals surface area (Å²) in [5, 5.41) is 20.6. The Bertz CT molecular complexity index is 4960. The Morgan fingerprint density at radius 3 is 1.34 bits per heavy atom. The molecular formula is C88H97N11O11S3. The molecule has 0 spiro atoms. The van der Waals surface area contributed by atoms with Gasteiger partial charge in [0.15, 0.2) is 0 Å². The third-order valence-corrected chi connectivity index (χ3v) is 26.0. The number of thiocarbonyl (C=S) groups is 1. The standard InChI is InChI=1S/C88H97N11O11S3/c1-49(2)75(86(106)94-44-64(100)33-72(94)80(101)89-39-55-19-25-59(26-20-55)78-52(7)92-47-112-78)98-42-62-30-32-66(35-71(62)84(98)104)110-68-37-74(82(111)91-40-56-21-27-60(28-22-56)79-53(8)93-48-113-79)96(46-68)88(108)77(51(5)6)99-43-63-29-31-65(34-70(63)85(99)105)109-67-36-73(81(102)90-38-54-17-23-58(24-18-54)57-13-9-10-14-57)95(45-67)87(107)76(50(3)4)97-41-61-15-11-12-16-69(61)83(97)103/h11-12,15-32,34-35,47-51,57,64,67-68,72-77,100H,9-10,13-14,33,36-46H2,1-8H3,(H,89,101)(H,90,102)(H,91,111)/t64-,67-,68-,72+,73+,74+,75+,76+,77+/m1/s1. The van der Waals surface area contributed by atoms with Gasteiger partial charge < -0.3 is 59.9 Å². The van der Waals surface area contributed by atoms with Gasteiger partial charge in [0.05, 0.1) is 62.4 Å². The molecule has 6 aliphatic heterocycles. The molecule has 0 unspecified atom stereocenters. The number of hydrogen-bond donors (Lipinski definition) is 4. The number of nitrogens with one attached hydrogen (secondary N) is 3. The minimum Gasteiger partial charge on any atom is -0.488 e. The fraction of sp³-hybridized carbons (Fsp3) is 0.420. The second-order valence-corrected chi connectivity index (χ2v) is 34.5. The van der Waals surface area contributed by atoms with Crippen molar-refractivity contribution in [1.29, 1.82) is 0 Å². The molecule has 9 atom stereocenters. The quantitative estimate of drug-likeness (QED) is 0.0388. The number of likely N-dealkylation sites (tertiary alicyclic amines) is 3. The Morgan fingerprint density at radius 1 is 0.496 bits per heavy atom. The molecule has 6 aromatic carbocycles. The molecule has 8 aromatic rings. The average molecular weight is 1580 g/mol. The first kappa shape index (κ1) is 78.1. The monoisotopic (exact) mass is 1580 g/mol. The number of aromatic nitrogens is 2. The lowest BCUT2D eigenvalue weighted by molar-refractivity contribution is -0.143. The van der Waals surface area contributed by atoms with E-state index in [1.54, 1.807) is 77.5 Å². The van der Waals surface area contributed by atoms with Gasteiger partial charge in [-0.15, -0.1) is 22.7 Å². The van der Waals surface area contributed by atoms with Crippen LogP contribution in [0.2, 0.25) is 0 Å². The lowest BCUT2D eigenvalue weighted by Gasteiger charge is -2.35. The summed E-state index contributed by atoms with van der Waals surface area (Å²) in [6.07, 6.45) is 2.99. The molecule has 2 aromatic heterocycles. The van der Waals surface area contributed by atoms with Crippen LogP contribution in [0.4, 0.5) is 0 Å². The molecule has 0 bridgehead atoms. The summed E-state index contributed by atoms with van der Waals surface area (Å²) in [4.78, 5) is 139. The number of fused-ring (bicyclic) bond motifs is 3. The first-order valence-electron chi connectivity index (χ1n) is 39.5. The SMILES string of the molecule is Cc1ncsc1-c1ccc(CNC(=O)[C@@H]2C[C@@H](O)CN2C(=O)[C@H](C(C)C)N2Cc3ccc(O[C@@H]4C[C@@H](C(=S)NCc5ccc(-c6scnc6C)cc5)N(C(=O)[C@H](C(C)C)N5Cc6ccc(O[C@@H]7C[C@@H](C(=O)NCc8ccc(C9CCCC9)cc8)N(C(=O)[C@H](C(C)C)N8Cc9ccccc9C8=O)C7)cc6C5=O)C4)cc3C2=O)cc1. The largest absolute Gasteiger partial charge is 0.488 e. The zero-order chi connectivity index (χ0) is 79.2. The number of aryl methyl sites for hydroxylation is 2. The van der Waals surface area contributed by atoms with E-state index >= 15 is 14.4 Å². The molecule has 113 heavy (non-hydrogen) atoms. The summed E-state index contributed by atoms with van der Waals surface area (Å²) >= 11 is 9.41. The van der Waals surface area contributed by atoms with Gasteiger partial charge in [-0.2, -0.15) is 0 Å². The number of aliphatic hydroxyl groups excluding tert-OH is 1. The fourth-order valence-electron chi connectivity index (χ4n) is 17.8. The molecule has 8 heterocycles. The predicted octanol–water partition coefficient (Wildman–Crippen LogP) is 12.0. The highest BCUT2D eigenvalue weighted by molar-refractivity contribution is 7.80. The molecule has 25 heteroatoms. The van der Waals surface area contributed by atoms with Crippen molar-refractivity contribution in [2.24, 2.45) is 17.8 Å². The van der Waals surface area contributed by atoms with E-state index in [0.29, 0.717) is 56.8 Å². The first-order valence-corrected chi connectivity index (χ1v) is 41.7. The Hall–Kier alpha value is -10.2. The number of nitrogens with zero attached hydrogens (tertiary/aromatic N) is 8. The zero-order valence-corrected chi connectivity index (χ0v) is 67.5. The number of β-amino-alcohol motifs (C(OH)–C–C–N with tert-alkyl or cyclic N) is 1. The molecule has 4 N–H and O–H groups in total. The number of thiazole rings is 2. The van der Waals surface area contributed by atoms with E-state index in [1.165, 1.54) is 36.1 Å². The summed E-state index contributed by atoms with van der Waals surface area (Å²) in [6.45, 7) is 16.7. The van der Waals surface area contributed by atoms with Gasteiger partial charge in [-0.1, -0.05) is 170 Å². The van der Waals surface area contributed by atoms with Gasteiger partial charge >= 0.3 is 0 Å². The molecule has 0 radical (unpaired) electrons.